The van der Waals surface area contributed by atoms with Gasteiger partial charge >= 0.3 is 12.1 Å². The summed E-state index contributed by atoms with van der Waals surface area (Å²) in [5.74, 6) is -1.66. The van der Waals surface area contributed by atoms with Crippen molar-refractivity contribution in [3.05, 3.63) is 17.6 Å². The maximum atomic E-state index is 11.8. The van der Waals surface area contributed by atoms with E-state index in [-0.39, 0.29) is 46.8 Å². The van der Waals surface area contributed by atoms with E-state index in [9.17, 15) is 18.0 Å². The van der Waals surface area contributed by atoms with Gasteiger partial charge in [0.1, 0.15) is 0 Å². The van der Waals surface area contributed by atoms with Gasteiger partial charge in [-0.25, -0.2) is 14.8 Å². The van der Waals surface area contributed by atoms with Gasteiger partial charge in [0.2, 0.25) is 5.88 Å². The second kappa shape index (κ2) is 6.18. The first-order valence-corrected chi connectivity index (χ1v) is 4.06. The zero-order valence-electron chi connectivity index (χ0n) is 9.08. The van der Waals surface area contributed by atoms with Crippen molar-refractivity contribution in [3.8, 4) is 5.88 Å². The van der Waals surface area contributed by atoms with Gasteiger partial charge in [0.15, 0.2) is 12.3 Å². The van der Waals surface area contributed by atoms with Crippen molar-refractivity contribution < 1.29 is 27.8 Å². The molecule has 1 heterocycles. The number of ether oxygens (including phenoxy) is 1. The Kier molecular flexibility index (Phi) is 5.86. The third-order valence-electron chi connectivity index (χ3n) is 1.51. The van der Waals surface area contributed by atoms with Gasteiger partial charge < -0.3 is 9.84 Å². The van der Waals surface area contributed by atoms with Gasteiger partial charge in [-0.1, -0.05) is 0 Å². The summed E-state index contributed by atoms with van der Waals surface area (Å²) in [6.45, 7) is -0.176. The second-order valence-electron chi connectivity index (χ2n) is 2.85. The van der Waals surface area contributed by atoms with E-state index >= 15 is 0 Å². The van der Waals surface area contributed by atoms with E-state index < -0.39 is 18.8 Å². The Morgan fingerprint density at radius 2 is 2.12 bits per heavy atom. The number of alkyl halides is 3. The predicted octanol–water partition coefficient (Wildman–Crippen LogP) is 1.04. The molecule has 1 radical (unpaired) electrons. The molecule has 1 aromatic rings. The molecule has 1 N–H and O–H groups in total. The molecular formula is C8H7F3N2NaO3. The van der Waals surface area contributed by atoms with Crippen LogP contribution in [-0.4, -0.2) is 63.4 Å². The average molecular weight is 259 g/mol. The Hall–Kier alpha value is -0.860. The number of aromatic nitrogens is 2. The first-order valence-electron chi connectivity index (χ1n) is 4.06. The largest absolute Gasteiger partial charge is 0.476 e. The van der Waals surface area contributed by atoms with Gasteiger partial charge in [-0.2, -0.15) is 13.2 Å². The number of carboxylic acids is 1. The van der Waals surface area contributed by atoms with Crippen molar-refractivity contribution in [3.63, 3.8) is 0 Å². The maximum absolute atomic E-state index is 11.8. The molecule has 0 aliphatic rings. The van der Waals surface area contributed by atoms with Crippen molar-refractivity contribution in [2.24, 2.45) is 0 Å². The van der Waals surface area contributed by atoms with E-state index in [1.165, 1.54) is 6.92 Å². The Morgan fingerprint density at radius 1 is 1.53 bits per heavy atom. The number of aryl methyl sites for hydroxylation is 1. The fraction of sp³-hybridized carbons (Fsp3) is 0.375. The topological polar surface area (TPSA) is 72.3 Å². The summed E-state index contributed by atoms with van der Waals surface area (Å²) >= 11 is 0. The van der Waals surface area contributed by atoms with E-state index in [0.717, 1.165) is 6.20 Å². The molecule has 0 atom stereocenters. The zero-order chi connectivity index (χ0) is 12.3. The molecule has 1 rings (SSSR count). The summed E-state index contributed by atoms with van der Waals surface area (Å²) < 4.78 is 39.6. The van der Waals surface area contributed by atoms with Crippen LogP contribution < -0.4 is 4.74 Å². The fourth-order valence-corrected chi connectivity index (χ4v) is 0.896. The summed E-state index contributed by atoms with van der Waals surface area (Å²) in [6, 6.07) is 0. The van der Waals surface area contributed by atoms with E-state index in [1.807, 2.05) is 0 Å². The minimum absolute atomic E-state index is 0. The number of carboxylic acid groups (broad SMARTS) is 1. The van der Waals surface area contributed by atoms with Crippen LogP contribution in [0.25, 0.3) is 0 Å². The molecule has 0 aromatic carbocycles. The molecule has 1 aromatic heterocycles. The molecule has 0 aliphatic heterocycles. The van der Waals surface area contributed by atoms with Crippen LogP contribution in [0.4, 0.5) is 13.2 Å². The summed E-state index contributed by atoms with van der Waals surface area (Å²) in [5, 5.41) is 8.59. The number of carbonyl (C=O) groups is 1. The second-order valence-corrected chi connectivity index (χ2v) is 2.85. The maximum Gasteiger partial charge on any atom is 0.422 e. The molecule has 0 amide bonds. The molecular weight excluding hydrogens is 252 g/mol. The van der Waals surface area contributed by atoms with Crippen molar-refractivity contribution in [1.82, 2.24) is 9.97 Å². The molecule has 0 saturated heterocycles. The normalized spacial score (nSPS) is 10.6. The standard InChI is InChI=1S/C8H7F3N2O3.Na/c1-4-6(7(14)15)12-2-5(13-4)16-3-8(9,10)11;/h2H,3H2,1H3,(H,14,15);. The number of hydrogen-bond donors (Lipinski definition) is 1. The summed E-state index contributed by atoms with van der Waals surface area (Å²) in [4.78, 5) is 17.5. The average Bonchev–Trinajstić information content (AvgIpc) is 2.13. The third kappa shape index (κ3) is 5.33. The quantitative estimate of drug-likeness (QED) is 0.821. The molecule has 0 aliphatic carbocycles. The van der Waals surface area contributed by atoms with Crippen molar-refractivity contribution in [2.75, 3.05) is 6.61 Å². The zero-order valence-corrected chi connectivity index (χ0v) is 11.1. The number of aromatic carboxylic acids is 1. The van der Waals surface area contributed by atoms with Crippen LogP contribution in [0.2, 0.25) is 0 Å². The van der Waals surface area contributed by atoms with Crippen LogP contribution in [0.1, 0.15) is 16.2 Å². The van der Waals surface area contributed by atoms with E-state index in [0.29, 0.717) is 0 Å². The van der Waals surface area contributed by atoms with Crippen LogP contribution in [-0.2, 0) is 0 Å². The Morgan fingerprint density at radius 3 is 2.53 bits per heavy atom. The van der Waals surface area contributed by atoms with Crippen LogP contribution in [0.15, 0.2) is 6.20 Å². The molecule has 0 unspecified atom stereocenters. The van der Waals surface area contributed by atoms with Gasteiger partial charge in [-0.05, 0) is 6.92 Å². The molecule has 5 nitrogen and oxygen atoms in total. The molecule has 0 bridgehead atoms. The molecule has 17 heavy (non-hydrogen) atoms. The Labute approximate surface area is 116 Å². The molecule has 0 fully saturated rings. The smallest absolute Gasteiger partial charge is 0.422 e. The summed E-state index contributed by atoms with van der Waals surface area (Å²) in [7, 11) is 0. The first kappa shape index (κ1) is 16.1. The van der Waals surface area contributed by atoms with Crippen molar-refractivity contribution in [1.29, 1.82) is 0 Å². The van der Waals surface area contributed by atoms with Crippen LogP contribution >= 0.6 is 0 Å². The molecule has 9 heteroatoms. The molecule has 0 spiro atoms. The number of rotatable bonds is 3. The van der Waals surface area contributed by atoms with Crippen molar-refractivity contribution in [2.45, 2.75) is 13.1 Å². The van der Waals surface area contributed by atoms with Gasteiger partial charge in [0, 0.05) is 29.6 Å². The fourth-order valence-electron chi connectivity index (χ4n) is 0.896. The van der Waals surface area contributed by atoms with Crippen LogP contribution in [0, 0.1) is 6.92 Å². The summed E-state index contributed by atoms with van der Waals surface area (Å²) in [6.07, 6.45) is -3.64. The first-order chi connectivity index (χ1) is 7.29. The van der Waals surface area contributed by atoms with Gasteiger partial charge in [-0.15, -0.1) is 0 Å². The number of hydrogen-bond acceptors (Lipinski definition) is 4. The SMILES string of the molecule is Cc1nc(OCC(F)(F)F)cnc1C(=O)O.[Na]. The Balaban J connectivity index is 0.00000256. The summed E-state index contributed by atoms with van der Waals surface area (Å²) in [5.41, 5.74) is -0.327. The van der Waals surface area contributed by atoms with E-state index in [2.05, 4.69) is 14.7 Å². The minimum Gasteiger partial charge on any atom is -0.476 e. The monoisotopic (exact) mass is 259 g/mol. The third-order valence-corrected chi connectivity index (χ3v) is 1.51. The molecule has 0 saturated carbocycles. The van der Waals surface area contributed by atoms with Crippen molar-refractivity contribution >= 4 is 35.5 Å². The number of halogens is 3. The number of nitrogens with zero attached hydrogens (tertiary/aromatic N) is 2. The van der Waals surface area contributed by atoms with Gasteiger partial charge in [0.25, 0.3) is 0 Å². The minimum atomic E-state index is -4.47. The van der Waals surface area contributed by atoms with Crippen LogP contribution in [0.3, 0.4) is 0 Å². The predicted molar refractivity (Wildman–Crippen MR) is 51.0 cm³/mol. The van der Waals surface area contributed by atoms with Gasteiger partial charge in [-0.3, -0.25) is 0 Å². The Bertz CT molecular complexity index is 411. The van der Waals surface area contributed by atoms with Gasteiger partial charge in [0.05, 0.1) is 11.9 Å². The van der Waals surface area contributed by atoms with E-state index in [4.69, 9.17) is 5.11 Å². The van der Waals surface area contributed by atoms with Crippen LogP contribution in [0.5, 0.6) is 5.88 Å². The van der Waals surface area contributed by atoms with E-state index in [1.54, 1.807) is 0 Å². The molecule has 89 valence electrons.